The zero-order chi connectivity index (χ0) is 14.2. The highest BCUT2D eigenvalue weighted by atomic mass is 35.5. The summed E-state index contributed by atoms with van der Waals surface area (Å²) in [6.45, 7) is 1.72. The van der Waals surface area contributed by atoms with Gasteiger partial charge in [-0.3, -0.25) is 4.79 Å². The lowest BCUT2D eigenvalue weighted by Gasteiger charge is -2.07. The third-order valence-corrected chi connectivity index (χ3v) is 3.30. The van der Waals surface area contributed by atoms with Crippen LogP contribution in [0, 0.1) is 6.92 Å². The van der Waals surface area contributed by atoms with Gasteiger partial charge in [0.15, 0.2) is 0 Å². The summed E-state index contributed by atoms with van der Waals surface area (Å²) in [5.41, 5.74) is -1.09. The molecular formula is C11H6ClF3N2OS. The summed E-state index contributed by atoms with van der Waals surface area (Å²) in [7, 11) is 0. The number of carbonyl (C=O) groups excluding carboxylic acids is 1. The standard InChI is InChI=1S/C11H6ClF3N2OS/c1-5-16-7(4-19-5)9(18)6-2-3-8(11(13,14)15)17-10(6)12/h2-4H,1H3. The van der Waals surface area contributed by atoms with Gasteiger partial charge in [-0.25, -0.2) is 9.97 Å². The second kappa shape index (κ2) is 4.90. The Morgan fingerprint density at radius 3 is 2.47 bits per heavy atom. The molecule has 2 heterocycles. The fourth-order valence-electron chi connectivity index (χ4n) is 1.37. The molecule has 0 unspecified atom stereocenters. The Balaban J connectivity index is 2.39. The van der Waals surface area contributed by atoms with Gasteiger partial charge in [0.2, 0.25) is 5.78 Å². The maximum absolute atomic E-state index is 12.4. The molecule has 0 aliphatic heterocycles. The Morgan fingerprint density at radius 1 is 1.32 bits per heavy atom. The summed E-state index contributed by atoms with van der Waals surface area (Å²) in [5.74, 6) is -0.546. The molecule has 100 valence electrons. The number of halogens is 4. The molecule has 0 bridgehead atoms. The second-order valence-electron chi connectivity index (χ2n) is 3.61. The lowest BCUT2D eigenvalue weighted by Crippen LogP contribution is -2.11. The number of aromatic nitrogens is 2. The molecule has 3 nitrogen and oxygen atoms in total. The third-order valence-electron chi connectivity index (χ3n) is 2.24. The number of hydrogen-bond donors (Lipinski definition) is 0. The summed E-state index contributed by atoms with van der Waals surface area (Å²) in [5, 5.41) is 1.72. The zero-order valence-corrected chi connectivity index (χ0v) is 11.0. The van der Waals surface area contributed by atoms with Crippen LogP contribution in [0.1, 0.15) is 26.8 Å². The minimum Gasteiger partial charge on any atom is -0.287 e. The monoisotopic (exact) mass is 306 g/mol. The first-order valence-electron chi connectivity index (χ1n) is 4.99. The van der Waals surface area contributed by atoms with Gasteiger partial charge >= 0.3 is 6.18 Å². The van der Waals surface area contributed by atoms with E-state index in [2.05, 4.69) is 9.97 Å². The van der Waals surface area contributed by atoms with Crippen molar-refractivity contribution in [1.29, 1.82) is 0 Å². The highest BCUT2D eigenvalue weighted by Gasteiger charge is 2.33. The van der Waals surface area contributed by atoms with Crippen LogP contribution in [0.4, 0.5) is 13.2 Å². The lowest BCUT2D eigenvalue weighted by atomic mass is 10.1. The van der Waals surface area contributed by atoms with Crippen LogP contribution < -0.4 is 0 Å². The third kappa shape index (κ3) is 2.93. The first kappa shape index (κ1) is 14.0. The Labute approximate surface area is 115 Å². The quantitative estimate of drug-likeness (QED) is 0.627. The molecule has 0 spiro atoms. The van der Waals surface area contributed by atoms with Crippen LogP contribution in [0.3, 0.4) is 0 Å². The van der Waals surface area contributed by atoms with Gasteiger partial charge in [-0.2, -0.15) is 13.2 Å². The summed E-state index contributed by atoms with van der Waals surface area (Å²) in [4.78, 5) is 19.1. The van der Waals surface area contributed by atoms with Crippen molar-refractivity contribution < 1.29 is 18.0 Å². The van der Waals surface area contributed by atoms with Crippen molar-refractivity contribution in [2.24, 2.45) is 0 Å². The molecule has 0 aromatic carbocycles. The van der Waals surface area contributed by atoms with Gasteiger partial charge in [0.25, 0.3) is 0 Å². The largest absolute Gasteiger partial charge is 0.433 e. The maximum atomic E-state index is 12.4. The SMILES string of the molecule is Cc1nc(C(=O)c2ccc(C(F)(F)F)nc2Cl)cs1. The van der Waals surface area contributed by atoms with Crippen LogP contribution in [0.15, 0.2) is 17.5 Å². The van der Waals surface area contributed by atoms with E-state index in [1.165, 1.54) is 16.7 Å². The minimum absolute atomic E-state index is 0.0973. The Morgan fingerprint density at radius 2 is 2.00 bits per heavy atom. The number of hydrogen-bond acceptors (Lipinski definition) is 4. The average molecular weight is 307 g/mol. The van der Waals surface area contributed by atoms with Gasteiger partial charge in [-0.1, -0.05) is 11.6 Å². The molecule has 8 heteroatoms. The first-order chi connectivity index (χ1) is 8.79. The number of thiazole rings is 1. The van der Waals surface area contributed by atoms with E-state index < -0.39 is 22.8 Å². The summed E-state index contributed by atoms with van der Waals surface area (Å²) < 4.78 is 37.2. The maximum Gasteiger partial charge on any atom is 0.433 e. The van der Waals surface area contributed by atoms with E-state index in [1.807, 2.05) is 0 Å². The zero-order valence-electron chi connectivity index (χ0n) is 9.45. The van der Waals surface area contributed by atoms with Crippen molar-refractivity contribution in [3.63, 3.8) is 0 Å². The molecular weight excluding hydrogens is 301 g/mol. The molecule has 0 amide bonds. The van der Waals surface area contributed by atoms with Crippen LogP contribution in [0.5, 0.6) is 0 Å². The van der Waals surface area contributed by atoms with E-state index in [0.717, 1.165) is 12.1 Å². The summed E-state index contributed by atoms with van der Waals surface area (Å²) in [6.07, 6.45) is -4.59. The number of ketones is 1. The molecule has 0 aliphatic rings. The van der Waals surface area contributed by atoms with E-state index in [0.29, 0.717) is 5.01 Å². The van der Waals surface area contributed by atoms with Crippen LogP contribution in [0.25, 0.3) is 0 Å². The normalized spacial score (nSPS) is 11.6. The van der Waals surface area contributed by atoms with Crippen molar-refractivity contribution >= 4 is 28.7 Å². The highest BCUT2D eigenvalue weighted by molar-refractivity contribution is 7.09. The fourth-order valence-corrected chi connectivity index (χ4v) is 2.20. The predicted octanol–water partition coefficient (Wildman–Crippen LogP) is 3.75. The van der Waals surface area contributed by atoms with Crippen LogP contribution >= 0.6 is 22.9 Å². The van der Waals surface area contributed by atoms with Gasteiger partial charge in [-0.15, -0.1) is 11.3 Å². The van der Waals surface area contributed by atoms with Crippen LogP contribution in [0.2, 0.25) is 5.15 Å². The smallest absolute Gasteiger partial charge is 0.287 e. The van der Waals surface area contributed by atoms with E-state index >= 15 is 0 Å². The number of nitrogens with zero attached hydrogens (tertiary/aromatic N) is 2. The van der Waals surface area contributed by atoms with E-state index in [9.17, 15) is 18.0 Å². The second-order valence-corrected chi connectivity index (χ2v) is 5.03. The molecule has 2 aromatic heterocycles. The van der Waals surface area contributed by atoms with Gasteiger partial charge in [-0.05, 0) is 19.1 Å². The highest BCUT2D eigenvalue weighted by Crippen LogP contribution is 2.30. The van der Waals surface area contributed by atoms with Gasteiger partial charge in [0, 0.05) is 5.38 Å². The van der Waals surface area contributed by atoms with Gasteiger partial charge in [0.05, 0.1) is 10.6 Å². The minimum atomic E-state index is -4.59. The topological polar surface area (TPSA) is 42.9 Å². The van der Waals surface area contributed by atoms with Gasteiger partial charge < -0.3 is 0 Å². The van der Waals surface area contributed by atoms with Crippen LogP contribution in [-0.2, 0) is 6.18 Å². The number of carbonyl (C=O) groups is 1. The molecule has 0 aliphatic carbocycles. The fraction of sp³-hybridized carbons (Fsp3) is 0.182. The van der Waals surface area contributed by atoms with E-state index in [1.54, 1.807) is 6.92 Å². The summed E-state index contributed by atoms with van der Waals surface area (Å²) in [6, 6.07) is 1.73. The van der Waals surface area contributed by atoms with E-state index in [4.69, 9.17) is 11.6 Å². The lowest BCUT2D eigenvalue weighted by molar-refractivity contribution is -0.141. The predicted molar refractivity (Wildman–Crippen MR) is 64.5 cm³/mol. The first-order valence-corrected chi connectivity index (χ1v) is 6.25. The Hall–Kier alpha value is -1.47. The number of rotatable bonds is 2. The molecule has 2 rings (SSSR count). The molecule has 0 N–H and O–H groups in total. The van der Waals surface area contributed by atoms with Gasteiger partial charge in [0.1, 0.15) is 16.5 Å². The molecule has 0 saturated heterocycles. The van der Waals surface area contributed by atoms with Crippen molar-refractivity contribution in [3.05, 3.63) is 44.6 Å². The molecule has 2 aromatic rings. The molecule has 19 heavy (non-hydrogen) atoms. The molecule has 0 fully saturated rings. The van der Waals surface area contributed by atoms with Crippen molar-refractivity contribution in [3.8, 4) is 0 Å². The summed E-state index contributed by atoms with van der Waals surface area (Å²) >= 11 is 6.90. The Kier molecular flexibility index (Phi) is 3.60. The molecule has 0 saturated carbocycles. The number of alkyl halides is 3. The molecule has 0 radical (unpaired) electrons. The molecule has 0 atom stereocenters. The van der Waals surface area contributed by atoms with Crippen molar-refractivity contribution in [2.75, 3.05) is 0 Å². The Bertz CT molecular complexity index is 639. The van der Waals surface area contributed by atoms with E-state index in [-0.39, 0.29) is 11.3 Å². The average Bonchev–Trinajstić information content (AvgIpc) is 2.73. The van der Waals surface area contributed by atoms with Crippen molar-refractivity contribution in [2.45, 2.75) is 13.1 Å². The number of aryl methyl sites for hydroxylation is 1. The number of pyridine rings is 1. The van der Waals surface area contributed by atoms with Crippen molar-refractivity contribution in [1.82, 2.24) is 9.97 Å². The van der Waals surface area contributed by atoms with Crippen LogP contribution in [-0.4, -0.2) is 15.8 Å².